The minimum absolute atomic E-state index is 0.00820. The summed E-state index contributed by atoms with van der Waals surface area (Å²) < 4.78 is 46.7. The quantitative estimate of drug-likeness (QED) is 0.813. The highest BCUT2D eigenvalue weighted by Crippen LogP contribution is 2.39. The number of morpholine rings is 1. The number of nitrogens with zero attached hydrogens (tertiary/aromatic N) is 1. The molecule has 0 radical (unpaired) electrons. The van der Waals surface area contributed by atoms with Crippen molar-refractivity contribution in [3.8, 4) is 0 Å². The average Bonchev–Trinajstić information content (AvgIpc) is 2.51. The molecule has 1 aromatic carbocycles. The zero-order chi connectivity index (χ0) is 21.3. The van der Waals surface area contributed by atoms with E-state index in [0.717, 1.165) is 6.07 Å². The molecule has 0 aliphatic carbocycles. The fraction of sp³-hybridized carbons (Fsp3) is 0.579. The number of amides is 2. The molecule has 28 heavy (non-hydrogen) atoms. The minimum Gasteiger partial charge on any atom is -0.372 e. The second-order valence-corrected chi connectivity index (χ2v) is 7.65. The van der Waals surface area contributed by atoms with E-state index in [2.05, 4.69) is 10.6 Å². The van der Waals surface area contributed by atoms with Crippen molar-refractivity contribution in [2.45, 2.75) is 58.5 Å². The van der Waals surface area contributed by atoms with Crippen molar-refractivity contribution in [3.05, 3.63) is 23.8 Å². The maximum atomic E-state index is 13.7. The Balaban J connectivity index is 2.32. The molecule has 9 heteroatoms. The molecule has 1 fully saturated rings. The Morgan fingerprint density at radius 2 is 1.71 bits per heavy atom. The van der Waals surface area contributed by atoms with Crippen LogP contribution in [-0.4, -0.2) is 42.7 Å². The smallest absolute Gasteiger partial charge is 0.372 e. The first kappa shape index (κ1) is 22.0. The molecular weight excluding hydrogens is 375 g/mol. The second-order valence-electron chi connectivity index (χ2n) is 7.65. The van der Waals surface area contributed by atoms with E-state index in [9.17, 15) is 22.8 Å². The van der Waals surface area contributed by atoms with Gasteiger partial charge >= 0.3 is 6.18 Å². The van der Waals surface area contributed by atoms with Gasteiger partial charge in [-0.1, -0.05) is 0 Å². The van der Waals surface area contributed by atoms with Crippen molar-refractivity contribution in [2.24, 2.45) is 0 Å². The number of alkyl halides is 3. The predicted octanol–water partition coefficient (Wildman–Crippen LogP) is 3.17. The number of hydrogen-bond donors (Lipinski definition) is 2. The number of hydrogen-bond acceptors (Lipinski definition) is 4. The van der Waals surface area contributed by atoms with Crippen molar-refractivity contribution in [1.82, 2.24) is 5.32 Å². The maximum absolute atomic E-state index is 13.7. The predicted molar refractivity (Wildman–Crippen MR) is 100 cm³/mol. The zero-order valence-corrected chi connectivity index (χ0v) is 16.6. The number of ether oxygens (including phenoxy) is 1. The van der Waals surface area contributed by atoms with Crippen molar-refractivity contribution in [1.29, 1.82) is 0 Å². The van der Waals surface area contributed by atoms with Gasteiger partial charge in [0.15, 0.2) is 0 Å². The van der Waals surface area contributed by atoms with Crippen LogP contribution in [0.15, 0.2) is 18.2 Å². The Hall–Kier alpha value is -2.29. The number of benzene rings is 1. The maximum Gasteiger partial charge on any atom is 0.418 e. The van der Waals surface area contributed by atoms with E-state index in [1.54, 1.807) is 4.90 Å². The first-order valence-electron chi connectivity index (χ1n) is 9.01. The lowest BCUT2D eigenvalue weighted by Gasteiger charge is -2.38. The molecule has 2 amide bonds. The molecule has 0 bridgehead atoms. The Bertz CT molecular complexity index is 740. The van der Waals surface area contributed by atoms with Crippen LogP contribution in [0.4, 0.5) is 24.5 Å². The van der Waals surface area contributed by atoms with Crippen LogP contribution in [0, 0.1) is 0 Å². The highest BCUT2D eigenvalue weighted by molar-refractivity contribution is 5.99. The summed E-state index contributed by atoms with van der Waals surface area (Å²) in [6.07, 6.45) is -4.97. The molecule has 1 saturated heterocycles. The zero-order valence-electron chi connectivity index (χ0n) is 16.6. The first-order valence-corrected chi connectivity index (χ1v) is 9.01. The summed E-state index contributed by atoms with van der Waals surface area (Å²) >= 11 is 0. The van der Waals surface area contributed by atoms with E-state index in [4.69, 9.17) is 4.74 Å². The summed E-state index contributed by atoms with van der Waals surface area (Å²) in [6, 6.07) is 3.70. The summed E-state index contributed by atoms with van der Waals surface area (Å²) in [7, 11) is 0. The molecule has 0 aromatic heterocycles. The fourth-order valence-corrected chi connectivity index (χ4v) is 3.28. The van der Waals surface area contributed by atoms with E-state index in [0.29, 0.717) is 13.1 Å². The standard InChI is InChI=1S/C19H26F3N3O3/c1-11-9-25(10-12(2)28-11)16-7-6-14(8-15(16)19(20,21)22)23-17(27)18(4,5)24-13(3)26/h6-8,11-12H,9-10H2,1-5H3,(H,23,27)(H,24,26). The molecule has 6 nitrogen and oxygen atoms in total. The molecule has 1 aliphatic rings. The molecule has 2 rings (SSSR count). The van der Waals surface area contributed by atoms with Gasteiger partial charge in [-0.2, -0.15) is 13.2 Å². The SMILES string of the molecule is CC(=O)NC(C)(C)C(=O)Nc1ccc(N2CC(C)OC(C)C2)c(C(F)(F)F)c1. The third kappa shape index (κ3) is 5.37. The summed E-state index contributed by atoms with van der Waals surface area (Å²) in [4.78, 5) is 25.2. The molecule has 0 spiro atoms. The number of rotatable bonds is 4. The van der Waals surface area contributed by atoms with E-state index in [1.165, 1.54) is 32.9 Å². The summed E-state index contributed by atoms with van der Waals surface area (Å²) in [5, 5.41) is 4.91. The molecule has 2 unspecified atom stereocenters. The van der Waals surface area contributed by atoms with Crippen LogP contribution in [0.25, 0.3) is 0 Å². The Labute approximate surface area is 162 Å². The van der Waals surface area contributed by atoms with Crippen LogP contribution in [0.3, 0.4) is 0 Å². The first-order chi connectivity index (χ1) is 12.8. The van der Waals surface area contributed by atoms with Gasteiger partial charge in [0.2, 0.25) is 11.8 Å². The van der Waals surface area contributed by atoms with Crippen LogP contribution in [0.1, 0.15) is 40.2 Å². The van der Waals surface area contributed by atoms with Gasteiger partial charge in [0, 0.05) is 31.4 Å². The van der Waals surface area contributed by atoms with Gasteiger partial charge in [0.05, 0.1) is 17.8 Å². The normalized spacial score (nSPS) is 20.6. The van der Waals surface area contributed by atoms with Crippen LogP contribution >= 0.6 is 0 Å². The van der Waals surface area contributed by atoms with E-state index < -0.39 is 29.1 Å². The lowest BCUT2D eigenvalue weighted by atomic mass is 10.0. The third-order valence-electron chi connectivity index (χ3n) is 4.38. The Morgan fingerprint density at radius 3 is 2.21 bits per heavy atom. The van der Waals surface area contributed by atoms with Gasteiger partial charge in [-0.25, -0.2) is 0 Å². The van der Waals surface area contributed by atoms with Gasteiger partial charge < -0.3 is 20.3 Å². The Morgan fingerprint density at radius 1 is 1.14 bits per heavy atom. The van der Waals surface area contributed by atoms with Crippen molar-refractivity contribution in [3.63, 3.8) is 0 Å². The molecule has 0 saturated carbocycles. The summed E-state index contributed by atoms with van der Waals surface area (Å²) in [5.74, 6) is -1.03. The molecule has 1 aliphatic heterocycles. The van der Waals surface area contributed by atoms with Gasteiger partial charge in [-0.15, -0.1) is 0 Å². The number of nitrogens with one attached hydrogen (secondary N) is 2. The van der Waals surface area contributed by atoms with Gasteiger partial charge in [0.25, 0.3) is 0 Å². The van der Waals surface area contributed by atoms with Crippen molar-refractivity contribution in [2.75, 3.05) is 23.3 Å². The molecule has 2 atom stereocenters. The van der Waals surface area contributed by atoms with Crippen LogP contribution < -0.4 is 15.5 Å². The van der Waals surface area contributed by atoms with Gasteiger partial charge in [-0.05, 0) is 45.9 Å². The second kappa shape index (κ2) is 7.98. The van der Waals surface area contributed by atoms with Gasteiger partial charge in [0.1, 0.15) is 5.54 Å². The number of carbonyl (C=O) groups is 2. The third-order valence-corrected chi connectivity index (χ3v) is 4.38. The molecule has 1 aromatic rings. The Kier molecular flexibility index (Phi) is 6.27. The lowest BCUT2D eigenvalue weighted by Crippen LogP contribution is -2.51. The summed E-state index contributed by atoms with van der Waals surface area (Å²) in [6.45, 7) is 8.51. The van der Waals surface area contributed by atoms with E-state index in [-0.39, 0.29) is 23.6 Å². The minimum atomic E-state index is -4.59. The monoisotopic (exact) mass is 401 g/mol. The highest BCUT2D eigenvalue weighted by atomic mass is 19.4. The van der Waals surface area contributed by atoms with Gasteiger partial charge in [-0.3, -0.25) is 9.59 Å². The molecule has 2 N–H and O–H groups in total. The number of anilines is 2. The van der Waals surface area contributed by atoms with Crippen LogP contribution in [0.5, 0.6) is 0 Å². The van der Waals surface area contributed by atoms with Crippen LogP contribution in [-0.2, 0) is 20.5 Å². The van der Waals surface area contributed by atoms with Crippen molar-refractivity contribution < 1.29 is 27.5 Å². The number of halogens is 3. The molecule has 1 heterocycles. The van der Waals surface area contributed by atoms with E-state index >= 15 is 0 Å². The summed E-state index contributed by atoms with van der Waals surface area (Å²) in [5.41, 5.74) is -2.04. The highest BCUT2D eigenvalue weighted by Gasteiger charge is 2.37. The van der Waals surface area contributed by atoms with Crippen LogP contribution in [0.2, 0.25) is 0 Å². The topological polar surface area (TPSA) is 70.7 Å². The fourth-order valence-electron chi connectivity index (χ4n) is 3.28. The molecule has 156 valence electrons. The number of carbonyl (C=O) groups excluding carboxylic acids is 2. The lowest BCUT2D eigenvalue weighted by molar-refractivity contribution is -0.137. The van der Waals surface area contributed by atoms with E-state index in [1.807, 2.05) is 13.8 Å². The van der Waals surface area contributed by atoms with Crippen molar-refractivity contribution >= 4 is 23.2 Å². The molecular formula is C19H26F3N3O3. The average molecular weight is 401 g/mol. The largest absolute Gasteiger partial charge is 0.418 e.